The van der Waals surface area contributed by atoms with Crippen molar-refractivity contribution in [1.29, 1.82) is 0 Å². The van der Waals surface area contributed by atoms with Gasteiger partial charge in [0.1, 0.15) is 13.2 Å². The van der Waals surface area contributed by atoms with Crippen LogP contribution in [0.15, 0.2) is 42.5 Å². The van der Waals surface area contributed by atoms with E-state index in [0.29, 0.717) is 48.4 Å². The van der Waals surface area contributed by atoms with Crippen molar-refractivity contribution in [3.63, 3.8) is 0 Å². The Kier molecular flexibility index (Phi) is 5.79. The topological polar surface area (TPSA) is 54.0 Å². The first kappa shape index (κ1) is 17.9. The maximum Gasteiger partial charge on any atom is 0.185 e. The molecule has 0 aliphatic carbocycles. The highest BCUT2D eigenvalue weighted by molar-refractivity contribution is 6.07. The average molecular weight is 354 g/mol. The second-order valence-electron chi connectivity index (χ2n) is 5.81. The van der Waals surface area contributed by atoms with E-state index in [1.807, 2.05) is 25.1 Å². The molecule has 0 N–H and O–H groups in total. The maximum atomic E-state index is 12.4. The average Bonchev–Trinajstić information content (AvgIpc) is 2.70. The standard InChI is InChI=1S/C21H22O5/c1-3-10-24-18-8-5-15(13-20(18)23-2)4-7-17(22)16-6-9-19-21(14-16)26-12-11-25-19/h4-9,13-14H,3,10-12H2,1-2H3/b7-4+. The zero-order valence-electron chi connectivity index (χ0n) is 15.0. The third kappa shape index (κ3) is 4.17. The zero-order valence-corrected chi connectivity index (χ0v) is 15.0. The van der Waals surface area contributed by atoms with Gasteiger partial charge in [0.05, 0.1) is 13.7 Å². The lowest BCUT2D eigenvalue weighted by atomic mass is 10.1. The van der Waals surface area contributed by atoms with Crippen LogP contribution in [0.1, 0.15) is 29.3 Å². The fraction of sp³-hybridized carbons (Fsp3) is 0.286. The Morgan fingerprint density at radius 1 is 1.08 bits per heavy atom. The number of fused-ring (bicyclic) bond motifs is 1. The molecule has 0 unspecified atom stereocenters. The van der Waals surface area contributed by atoms with Crippen LogP contribution in [-0.2, 0) is 0 Å². The zero-order chi connectivity index (χ0) is 18.4. The van der Waals surface area contributed by atoms with Gasteiger partial charge in [0.2, 0.25) is 0 Å². The van der Waals surface area contributed by atoms with Crippen molar-refractivity contribution in [1.82, 2.24) is 0 Å². The van der Waals surface area contributed by atoms with Crippen molar-refractivity contribution < 1.29 is 23.7 Å². The minimum atomic E-state index is -0.104. The second kappa shape index (κ2) is 8.43. The van der Waals surface area contributed by atoms with Crippen molar-refractivity contribution >= 4 is 11.9 Å². The van der Waals surface area contributed by atoms with E-state index < -0.39 is 0 Å². The van der Waals surface area contributed by atoms with Crippen LogP contribution in [0, 0.1) is 0 Å². The van der Waals surface area contributed by atoms with Crippen molar-refractivity contribution in [2.75, 3.05) is 26.9 Å². The van der Waals surface area contributed by atoms with E-state index in [1.54, 1.807) is 31.4 Å². The third-order valence-corrected chi connectivity index (χ3v) is 3.90. The van der Waals surface area contributed by atoms with E-state index in [2.05, 4.69) is 0 Å². The van der Waals surface area contributed by atoms with Gasteiger partial charge in [-0.2, -0.15) is 0 Å². The van der Waals surface area contributed by atoms with Crippen LogP contribution in [0.25, 0.3) is 6.08 Å². The Hall–Kier alpha value is -2.95. The summed E-state index contributed by atoms with van der Waals surface area (Å²) in [6.07, 6.45) is 4.22. The van der Waals surface area contributed by atoms with Crippen molar-refractivity contribution in [2.45, 2.75) is 13.3 Å². The first-order chi connectivity index (χ1) is 12.7. The Morgan fingerprint density at radius 3 is 2.65 bits per heavy atom. The van der Waals surface area contributed by atoms with E-state index >= 15 is 0 Å². The minimum absolute atomic E-state index is 0.104. The number of rotatable bonds is 7. The molecule has 0 bridgehead atoms. The summed E-state index contributed by atoms with van der Waals surface area (Å²) in [7, 11) is 1.60. The Balaban J connectivity index is 1.73. The molecule has 3 rings (SSSR count). The van der Waals surface area contributed by atoms with E-state index in [-0.39, 0.29) is 5.78 Å². The molecule has 5 heteroatoms. The van der Waals surface area contributed by atoms with Gasteiger partial charge in [-0.25, -0.2) is 0 Å². The molecular formula is C21H22O5. The molecule has 2 aromatic carbocycles. The van der Waals surface area contributed by atoms with Gasteiger partial charge in [-0.3, -0.25) is 4.79 Å². The van der Waals surface area contributed by atoms with Gasteiger partial charge >= 0.3 is 0 Å². The Morgan fingerprint density at radius 2 is 1.88 bits per heavy atom. The number of ketones is 1. The molecule has 1 aliphatic rings. The van der Waals surface area contributed by atoms with Crippen molar-refractivity contribution in [2.24, 2.45) is 0 Å². The van der Waals surface area contributed by atoms with Gasteiger partial charge < -0.3 is 18.9 Å². The third-order valence-electron chi connectivity index (χ3n) is 3.90. The number of hydrogen-bond donors (Lipinski definition) is 0. The van der Waals surface area contributed by atoms with Crippen LogP contribution in [0.5, 0.6) is 23.0 Å². The van der Waals surface area contributed by atoms with Crippen LogP contribution in [0.4, 0.5) is 0 Å². The molecule has 0 amide bonds. The van der Waals surface area contributed by atoms with Crippen molar-refractivity contribution in [3.05, 3.63) is 53.6 Å². The predicted molar refractivity (Wildman–Crippen MR) is 99.6 cm³/mol. The number of allylic oxidation sites excluding steroid dienone is 1. The minimum Gasteiger partial charge on any atom is -0.493 e. The molecule has 0 saturated carbocycles. The molecule has 1 aliphatic heterocycles. The van der Waals surface area contributed by atoms with Crippen LogP contribution in [-0.4, -0.2) is 32.7 Å². The summed E-state index contributed by atoms with van der Waals surface area (Å²) in [6.45, 7) is 3.70. The summed E-state index contributed by atoms with van der Waals surface area (Å²) >= 11 is 0. The monoisotopic (exact) mass is 354 g/mol. The molecule has 2 aromatic rings. The van der Waals surface area contributed by atoms with E-state index in [0.717, 1.165) is 12.0 Å². The molecular weight excluding hydrogens is 332 g/mol. The summed E-state index contributed by atoms with van der Waals surface area (Å²) in [4.78, 5) is 12.4. The predicted octanol–water partition coefficient (Wildman–Crippen LogP) is 4.15. The molecule has 0 aromatic heterocycles. The molecule has 0 fully saturated rings. The quantitative estimate of drug-likeness (QED) is 0.552. The lowest BCUT2D eigenvalue weighted by Gasteiger charge is -2.18. The fourth-order valence-electron chi connectivity index (χ4n) is 2.58. The van der Waals surface area contributed by atoms with E-state index in [1.165, 1.54) is 6.08 Å². The number of hydrogen-bond acceptors (Lipinski definition) is 5. The van der Waals surface area contributed by atoms with Crippen LogP contribution in [0.3, 0.4) is 0 Å². The molecule has 5 nitrogen and oxygen atoms in total. The summed E-state index contributed by atoms with van der Waals surface area (Å²) in [5.41, 5.74) is 1.41. The SMILES string of the molecule is CCCOc1ccc(/C=C/C(=O)c2ccc3c(c2)OCCO3)cc1OC. The van der Waals surface area contributed by atoms with Gasteiger partial charge in [-0.1, -0.05) is 19.1 Å². The summed E-state index contributed by atoms with van der Waals surface area (Å²) in [5.74, 6) is 2.52. The molecule has 1 heterocycles. The first-order valence-corrected chi connectivity index (χ1v) is 8.64. The van der Waals surface area contributed by atoms with E-state index in [4.69, 9.17) is 18.9 Å². The summed E-state index contributed by atoms with van der Waals surface area (Å²) < 4.78 is 22.0. The van der Waals surface area contributed by atoms with Gasteiger partial charge in [-0.15, -0.1) is 0 Å². The number of ether oxygens (including phenoxy) is 4. The number of methoxy groups -OCH3 is 1. The van der Waals surface area contributed by atoms with Crippen LogP contribution >= 0.6 is 0 Å². The van der Waals surface area contributed by atoms with Gasteiger partial charge in [0, 0.05) is 5.56 Å². The van der Waals surface area contributed by atoms with Gasteiger partial charge in [-0.05, 0) is 48.4 Å². The Labute approximate surface area is 153 Å². The van der Waals surface area contributed by atoms with Crippen molar-refractivity contribution in [3.8, 4) is 23.0 Å². The summed E-state index contributed by atoms with van der Waals surface area (Å²) in [6, 6.07) is 10.8. The number of carbonyl (C=O) groups is 1. The van der Waals surface area contributed by atoms with E-state index in [9.17, 15) is 4.79 Å². The molecule has 0 atom stereocenters. The highest BCUT2D eigenvalue weighted by Gasteiger charge is 2.13. The smallest absolute Gasteiger partial charge is 0.185 e. The number of benzene rings is 2. The van der Waals surface area contributed by atoms with Crippen LogP contribution in [0.2, 0.25) is 0 Å². The maximum absolute atomic E-state index is 12.4. The molecule has 136 valence electrons. The molecule has 0 radical (unpaired) electrons. The largest absolute Gasteiger partial charge is 0.493 e. The highest BCUT2D eigenvalue weighted by atomic mass is 16.6. The summed E-state index contributed by atoms with van der Waals surface area (Å²) in [5, 5.41) is 0. The lowest BCUT2D eigenvalue weighted by Crippen LogP contribution is -2.15. The second-order valence-corrected chi connectivity index (χ2v) is 5.81. The molecule has 0 spiro atoms. The molecule has 0 saturated heterocycles. The first-order valence-electron chi connectivity index (χ1n) is 8.64. The molecule has 26 heavy (non-hydrogen) atoms. The normalized spacial score (nSPS) is 12.8. The van der Waals surface area contributed by atoms with Crippen LogP contribution < -0.4 is 18.9 Å². The fourth-order valence-corrected chi connectivity index (χ4v) is 2.58. The number of carbonyl (C=O) groups excluding carboxylic acids is 1. The van der Waals surface area contributed by atoms with Gasteiger partial charge in [0.25, 0.3) is 0 Å². The Bertz CT molecular complexity index is 810. The lowest BCUT2D eigenvalue weighted by molar-refractivity contribution is 0.104. The van der Waals surface area contributed by atoms with Gasteiger partial charge in [0.15, 0.2) is 28.8 Å². The highest BCUT2D eigenvalue weighted by Crippen LogP contribution is 2.31.